The summed E-state index contributed by atoms with van der Waals surface area (Å²) < 4.78 is 5.42. The molecule has 1 aliphatic rings. The van der Waals surface area contributed by atoms with Gasteiger partial charge in [-0.2, -0.15) is 16.7 Å². The van der Waals surface area contributed by atoms with Crippen molar-refractivity contribution in [2.45, 2.75) is 29.9 Å². The van der Waals surface area contributed by atoms with Gasteiger partial charge in [0.2, 0.25) is 5.89 Å². The van der Waals surface area contributed by atoms with Crippen LogP contribution in [0.5, 0.6) is 0 Å². The SMILES string of the molecule is CCC1SCCSC1c1noc([C@H](N)c2ccccc2)n1. The molecule has 1 aromatic heterocycles. The Hall–Kier alpha value is -0.980. The van der Waals surface area contributed by atoms with Gasteiger partial charge in [-0.3, -0.25) is 0 Å². The monoisotopic (exact) mass is 321 g/mol. The second kappa shape index (κ2) is 6.85. The van der Waals surface area contributed by atoms with Crippen LogP contribution in [0, 0.1) is 0 Å². The smallest absolute Gasteiger partial charge is 0.248 e. The zero-order valence-corrected chi connectivity index (χ0v) is 13.6. The minimum absolute atomic E-state index is 0.314. The first kappa shape index (κ1) is 14.9. The molecule has 0 radical (unpaired) electrons. The van der Waals surface area contributed by atoms with Crippen molar-refractivity contribution >= 4 is 23.5 Å². The van der Waals surface area contributed by atoms with Crippen LogP contribution in [0.4, 0.5) is 0 Å². The molecule has 1 fully saturated rings. The second-order valence-electron chi connectivity index (χ2n) is 4.99. The van der Waals surface area contributed by atoms with E-state index in [-0.39, 0.29) is 6.04 Å². The van der Waals surface area contributed by atoms with Crippen LogP contribution in [0.15, 0.2) is 34.9 Å². The Balaban J connectivity index is 1.79. The summed E-state index contributed by atoms with van der Waals surface area (Å²) in [5.41, 5.74) is 7.21. The van der Waals surface area contributed by atoms with Crippen molar-refractivity contribution in [1.82, 2.24) is 10.1 Å². The van der Waals surface area contributed by atoms with Gasteiger partial charge >= 0.3 is 0 Å². The third-order valence-corrected chi connectivity index (χ3v) is 6.83. The number of benzene rings is 1. The minimum atomic E-state index is -0.353. The number of hydrogen-bond donors (Lipinski definition) is 1. The van der Waals surface area contributed by atoms with Gasteiger partial charge in [0, 0.05) is 16.8 Å². The van der Waals surface area contributed by atoms with Gasteiger partial charge in [0.05, 0.1) is 5.25 Å². The number of thioether (sulfide) groups is 2. The normalized spacial score (nSPS) is 23.9. The fraction of sp³-hybridized carbons (Fsp3) is 0.467. The van der Waals surface area contributed by atoms with Crippen molar-refractivity contribution in [3.63, 3.8) is 0 Å². The Morgan fingerprint density at radius 3 is 2.81 bits per heavy atom. The maximum Gasteiger partial charge on any atom is 0.248 e. The number of nitrogens with zero attached hydrogens (tertiary/aromatic N) is 2. The zero-order chi connectivity index (χ0) is 14.7. The molecule has 2 unspecified atom stereocenters. The van der Waals surface area contributed by atoms with Crippen molar-refractivity contribution < 1.29 is 4.52 Å². The lowest BCUT2D eigenvalue weighted by Crippen LogP contribution is -2.19. The van der Waals surface area contributed by atoms with Crippen LogP contribution in [-0.4, -0.2) is 26.9 Å². The summed E-state index contributed by atoms with van der Waals surface area (Å²) in [7, 11) is 0. The van der Waals surface area contributed by atoms with Gasteiger partial charge in [-0.1, -0.05) is 42.4 Å². The number of aromatic nitrogens is 2. The zero-order valence-electron chi connectivity index (χ0n) is 11.9. The highest BCUT2D eigenvalue weighted by Crippen LogP contribution is 2.43. The Labute approximate surface area is 133 Å². The Kier molecular flexibility index (Phi) is 4.87. The van der Waals surface area contributed by atoms with Gasteiger partial charge in [0.1, 0.15) is 6.04 Å². The first-order valence-corrected chi connectivity index (χ1v) is 9.26. The summed E-state index contributed by atoms with van der Waals surface area (Å²) >= 11 is 3.93. The predicted molar refractivity (Wildman–Crippen MR) is 88.5 cm³/mol. The maximum atomic E-state index is 6.22. The quantitative estimate of drug-likeness (QED) is 0.931. The van der Waals surface area contributed by atoms with E-state index in [9.17, 15) is 0 Å². The van der Waals surface area contributed by atoms with Gasteiger partial charge in [-0.15, -0.1) is 11.8 Å². The van der Waals surface area contributed by atoms with Crippen LogP contribution in [-0.2, 0) is 0 Å². The van der Waals surface area contributed by atoms with E-state index in [1.807, 2.05) is 53.9 Å². The molecule has 1 saturated heterocycles. The van der Waals surface area contributed by atoms with Crippen LogP contribution in [0.25, 0.3) is 0 Å². The van der Waals surface area contributed by atoms with Gasteiger partial charge in [0.25, 0.3) is 0 Å². The van der Waals surface area contributed by atoms with Crippen molar-refractivity contribution in [1.29, 1.82) is 0 Å². The average molecular weight is 321 g/mol. The van der Waals surface area contributed by atoms with Crippen LogP contribution < -0.4 is 5.73 Å². The van der Waals surface area contributed by atoms with Crippen LogP contribution in [0.1, 0.15) is 41.9 Å². The fourth-order valence-corrected chi connectivity index (χ4v) is 5.42. The molecule has 0 aliphatic carbocycles. The summed E-state index contributed by atoms with van der Waals surface area (Å²) in [5.74, 6) is 3.64. The largest absolute Gasteiger partial charge is 0.337 e. The third kappa shape index (κ3) is 3.27. The Morgan fingerprint density at radius 2 is 2.05 bits per heavy atom. The highest BCUT2D eigenvalue weighted by Gasteiger charge is 2.31. The summed E-state index contributed by atoms with van der Waals surface area (Å²) in [4.78, 5) is 4.57. The molecule has 2 aromatic rings. The van der Waals surface area contributed by atoms with E-state index < -0.39 is 0 Å². The first-order valence-electron chi connectivity index (χ1n) is 7.17. The highest BCUT2D eigenvalue weighted by molar-refractivity contribution is 8.06. The number of nitrogens with two attached hydrogens (primary N) is 1. The summed E-state index contributed by atoms with van der Waals surface area (Å²) in [6.45, 7) is 2.22. The van der Waals surface area contributed by atoms with Gasteiger partial charge < -0.3 is 10.3 Å². The molecule has 0 saturated carbocycles. The molecule has 0 amide bonds. The fourth-order valence-electron chi connectivity index (χ4n) is 2.43. The Morgan fingerprint density at radius 1 is 1.29 bits per heavy atom. The molecule has 1 aromatic carbocycles. The van der Waals surface area contributed by atoms with E-state index >= 15 is 0 Å². The molecule has 3 rings (SSSR count). The molecule has 2 N–H and O–H groups in total. The topological polar surface area (TPSA) is 64.9 Å². The molecule has 1 aliphatic heterocycles. The minimum Gasteiger partial charge on any atom is -0.337 e. The van der Waals surface area contributed by atoms with Gasteiger partial charge in [-0.25, -0.2) is 0 Å². The standard InChI is InChI=1S/C15H19N3OS2/c1-2-11-13(21-9-8-20-11)14-17-15(19-18-14)12(16)10-6-4-3-5-7-10/h3-7,11-13H,2,8-9,16H2,1H3/t11?,12-,13?/m1/s1. The van der Waals surface area contributed by atoms with E-state index in [1.54, 1.807) is 0 Å². The first-order chi connectivity index (χ1) is 10.3. The van der Waals surface area contributed by atoms with Gasteiger partial charge in [0.15, 0.2) is 5.82 Å². The lowest BCUT2D eigenvalue weighted by atomic mass is 10.1. The molecule has 0 bridgehead atoms. The lowest BCUT2D eigenvalue weighted by molar-refractivity contribution is 0.362. The molecular formula is C15H19N3OS2. The molecule has 0 spiro atoms. The van der Waals surface area contributed by atoms with E-state index in [4.69, 9.17) is 10.3 Å². The summed E-state index contributed by atoms with van der Waals surface area (Å²) in [6, 6.07) is 9.51. The molecular weight excluding hydrogens is 302 g/mol. The van der Waals surface area contributed by atoms with E-state index in [0.29, 0.717) is 16.4 Å². The Bertz CT molecular complexity index is 575. The summed E-state index contributed by atoms with van der Waals surface area (Å²) in [5, 5.41) is 5.06. The van der Waals surface area contributed by atoms with Crippen molar-refractivity contribution in [2.75, 3.05) is 11.5 Å². The molecule has 2 heterocycles. The average Bonchev–Trinajstić information content (AvgIpc) is 3.04. The predicted octanol–water partition coefficient (Wildman–Crippen LogP) is 3.42. The molecule has 21 heavy (non-hydrogen) atoms. The highest BCUT2D eigenvalue weighted by atomic mass is 32.2. The van der Waals surface area contributed by atoms with Crippen molar-refractivity contribution in [3.05, 3.63) is 47.6 Å². The van der Waals surface area contributed by atoms with Crippen LogP contribution in [0.2, 0.25) is 0 Å². The molecule has 112 valence electrons. The van der Waals surface area contributed by atoms with E-state index in [2.05, 4.69) is 17.1 Å². The van der Waals surface area contributed by atoms with Crippen LogP contribution in [0.3, 0.4) is 0 Å². The van der Waals surface area contributed by atoms with E-state index in [0.717, 1.165) is 23.6 Å². The summed E-state index contributed by atoms with van der Waals surface area (Å²) in [6.07, 6.45) is 1.12. The maximum absolute atomic E-state index is 6.22. The van der Waals surface area contributed by atoms with Crippen molar-refractivity contribution in [3.8, 4) is 0 Å². The second-order valence-corrected chi connectivity index (χ2v) is 7.58. The lowest BCUT2D eigenvalue weighted by Gasteiger charge is -2.27. The number of rotatable bonds is 4. The van der Waals surface area contributed by atoms with Crippen LogP contribution >= 0.6 is 23.5 Å². The third-order valence-electron chi connectivity index (χ3n) is 3.59. The molecule has 3 atom stereocenters. The van der Waals surface area contributed by atoms with Crippen molar-refractivity contribution in [2.24, 2.45) is 5.73 Å². The van der Waals surface area contributed by atoms with Gasteiger partial charge in [-0.05, 0) is 12.0 Å². The molecule has 6 heteroatoms. The number of hydrogen-bond acceptors (Lipinski definition) is 6. The molecule has 4 nitrogen and oxygen atoms in total. The van der Waals surface area contributed by atoms with E-state index in [1.165, 1.54) is 5.75 Å².